The predicted octanol–water partition coefficient (Wildman–Crippen LogP) is 3.50. The topological polar surface area (TPSA) is 93.1 Å². The molecular formula is C25H28N4O3. The first-order chi connectivity index (χ1) is 15.4. The van der Waals surface area contributed by atoms with Crippen molar-refractivity contribution in [3.05, 3.63) is 69.3 Å². The van der Waals surface area contributed by atoms with Crippen molar-refractivity contribution in [3.8, 4) is 0 Å². The first-order valence-electron chi connectivity index (χ1n) is 11.1. The van der Waals surface area contributed by atoms with E-state index in [1.54, 1.807) is 22.8 Å². The molecule has 166 valence electrons. The first kappa shape index (κ1) is 21.7. The van der Waals surface area contributed by atoms with Gasteiger partial charge in [0, 0.05) is 24.2 Å². The van der Waals surface area contributed by atoms with Crippen LogP contribution in [0.3, 0.4) is 0 Å². The van der Waals surface area contributed by atoms with Crippen LogP contribution in [0.1, 0.15) is 53.0 Å². The molecule has 0 unspecified atom stereocenters. The Labute approximate surface area is 186 Å². The minimum absolute atomic E-state index is 0.0492. The Balaban J connectivity index is 1.49. The molecule has 3 aromatic rings. The summed E-state index contributed by atoms with van der Waals surface area (Å²) in [4.78, 5) is 42.6. The largest absolute Gasteiger partial charge is 0.343 e. The summed E-state index contributed by atoms with van der Waals surface area (Å²) in [6.07, 6.45) is 5.01. The average Bonchev–Trinajstić information content (AvgIpc) is 2.76. The molecule has 0 saturated heterocycles. The van der Waals surface area contributed by atoms with Gasteiger partial charge in [0.25, 0.3) is 11.5 Å². The van der Waals surface area contributed by atoms with Gasteiger partial charge in [0.05, 0.1) is 17.4 Å². The van der Waals surface area contributed by atoms with Gasteiger partial charge in [0.15, 0.2) is 0 Å². The average molecular weight is 433 g/mol. The van der Waals surface area contributed by atoms with E-state index in [0.29, 0.717) is 23.0 Å². The number of carbonyl (C=O) groups excluding carboxylic acids is 2. The Bertz CT molecular complexity index is 1230. The Morgan fingerprint density at radius 2 is 1.78 bits per heavy atom. The molecule has 2 amide bonds. The number of rotatable bonds is 4. The SMILES string of the molecule is Cc1cccc(C)c1NC(=O)CNC(=O)c1ccc2c(=O)n3c(nc2c1)CCCCCC3. The lowest BCUT2D eigenvalue weighted by molar-refractivity contribution is -0.115. The highest BCUT2D eigenvalue weighted by molar-refractivity contribution is 6.01. The van der Waals surface area contributed by atoms with Crippen LogP contribution in [0.2, 0.25) is 0 Å². The summed E-state index contributed by atoms with van der Waals surface area (Å²) in [5.74, 6) is 0.110. The maximum absolute atomic E-state index is 12.9. The van der Waals surface area contributed by atoms with Gasteiger partial charge in [0.2, 0.25) is 5.91 Å². The molecule has 2 aromatic carbocycles. The molecule has 32 heavy (non-hydrogen) atoms. The van der Waals surface area contributed by atoms with Crippen molar-refractivity contribution in [3.63, 3.8) is 0 Å². The van der Waals surface area contributed by atoms with Crippen LogP contribution in [0, 0.1) is 13.8 Å². The molecule has 0 fully saturated rings. The van der Waals surface area contributed by atoms with Crippen LogP contribution in [-0.2, 0) is 17.8 Å². The fourth-order valence-corrected chi connectivity index (χ4v) is 4.19. The molecule has 2 heterocycles. The lowest BCUT2D eigenvalue weighted by Gasteiger charge is -2.16. The molecule has 1 aliphatic rings. The van der Waals surface area contributed by atoms with E-state index < -0.39 is 0 Å². The van der Waals surface area contributed by atoms with Crippen LogP contribution in [0.25, 0.3) is 10.9 Å². The van der Waals surface area contributed by atoms with E-state index >= 15 is 0 Å². The second-order valence-electron chi connectivity index (χ2n) is 8.38. The van der Waals surface area contributed by atoms with Gasteiger partial charge < -0.3 is 10.6 Å². The zero-order chi connectivity index (χ0) is 22.7. The summed E-state index contributed by atoms with van der Waals surface area (Å²) < 4.78 is 1.78. The molecule has 4 rings (SSSR count). The molecule has 7 heteroatoms. The number of nitrogens with zero attached hydrogens (tertiary/aromatic N) is 2. The highest BCUT2D eigenvalue weighted by Gasteiger charge is 2.16. The van der Waals surface area contributed by atoms with Gasteiger partial charge in [-0.25, -0.2) is 4.98 Å². The van der Waals surface area contributed by atoms with Crippen molar-refractivity contribution < 1.29 is 9.59 Å². The first-order valence-corrected chi connectivity index (χ1v) is 11.1. The quantitative estimate of drug-likeness (QED) is 0.660. The predicted molar refractivity (Wildman–Crippen MR) is 125 cm³/mol. The van der Waals surface area contributed by atoms with Gasteiger partial charge in [-0.1, -0.05) is 31.0 Å². The summed E-state index contributed by atoms with van der Waals surface area (Å²) in [5, 5.41) is 6.03. The van der Waals surface area contributed by atoms with Gasteiger partial charge >= 0.3 is 0 Å². The highest BCUT2D eigenvalue weighted by atomic mass is 16.2. The van der Waals surface area contributed by atoms with Crippen molar-refractivity contribution in [2.75, 3.05) is 11.9 Å². The number of hydrogen-bond donors (Lipinski definition) is 2. The van der Waals surface area contributed by atoms with E-state index in [2.05, 4.69) is 10.6 Å². The molecule has 0 radical (unpaired) electrons. The summed E-state index contributed by atoms with van der Waals surface area (Å²) in [5.41, 5.74) is 3.54. The maximum Gasteiger partial charge on any atom is 0.261 e. The number of hydrogen-bond acceptors (Lipinski definition) is 4. The van der Waals surface area contributed by atoms with Gasteiger partial charge in [-0.3, -0.25) is 19.0 Å². The number of carbonyl (C=O) groups is 2. The lowest BCUT2D eigenvalue weighted by Crippen LogP contribution is -2.33. The third-order valence-electron chi connectivity index (χ3n) is 5.98. The Kier molecular flexibility index (Phi) is 6.35. The van der Waals surface area contributed by atoms with E-state index in [4.69, 9.17) is 4.98 Å². The van der Waals surface area contributed by atoms with Crippen LogP contribution in [0.15, 0.2) is 41.2 Å². The van der Waals surface area contributed by atoms with Crippen LogP contribution < -0.4 is 16.2 Å². The van der Waals surface area contributed by atoms with E-state index in [0.717, 1.165) is 54.7 Å². The molecule has 2 N–H and O–H groups in total. The summed E-state index contributed by atoms with van der Waals surface area (Å²) in [6.45, 7) is 4.39. The van der Waals surface area contributed by atoms with E-state index in [-0.39, 0.29) is 23.9 Å². The summed E-state index contributed by atoms with van der Waals surface area (Å²) >= 11 is 0. The number of anilines is 1. The van der Waals surface area contributed by atoms with Gasteiger partial charge in [-0.15, -0.1) is 0 Å². The third kappa shape index (κ3) is 4.56. The molecular weight excluding hydrogens is 404 g/mol. The van der Waals surface area contributed by atoms with Crippen LogP contribution in [0.5, 0.6) is 0 Å². The normalized spacial score (nSPS) is 13.7. The fourth-order valence-electron chi connectivity index (χ4n) is 4.19. The smallest absolute Gasteiger partial charge is 0.261 e. The molecule has 0 saturated carbocycles. The fraction of sp³-hybridized carbons (Fsp3) is 0.360. The van der Waals surface area contributed by atoms with Gasteiger partial charge in [-0.05, 0) is 56.0 Å². The molecule has 0 bridgehead atoms. The highest BCUT2D eigenvalue weighted by Crippen LogP contribution is 2.19. The second-order valence-corrected chi connectivity index (χ2v) is 8.38. The Hall–Kier alpha value is -3.48. The number of aryl methyl sites for hydroxylation is 3. The van der Waals surface area contributed by atoms with Crippen molar-refractivity contribution in [1.29, 1.82) is 0 Å². The van der Waals surface area contributed by atoms with Crippen molar-refractivity contribution in [1.82, 2.24) is 14.9 Å². The number of aromatic nitrogens is 2. The minimum Gasteiger partial charge on any atom is -0.343 e. The molecule has 0 atom stereocenters. The molecule has 0 aliphatic carbocycles. The van der Waals surface area contributed by atoms with Crippen LogP contribution >= 0.6 is 0 Å². The van der Waals surface area contributed by atoms with Gasteiger partial charge in [0.1, 0.15) is 5.82 Å². The number of amides is 2. The number of benzene rings is 2. The minimum atomic E-state index is -0.378. The number of para-hydroxylation sites is 1. The van der Waals surface area contributed by atoms with Crippen molar-refractivity contribution >= 4 is 28.4 Å². The molecule has 1 aliphatic heterocycles. The Morgan fingerprint density at radius 1 is 1.03 bits per heavy atom. The van der Waals surface area contributed by atoms with E-state index in [1.165, 1.54) is 0 Å². The third-order valence-corrected chi connectivity index (χ3v) is 5.98. The Morgan fingerprint density at radius 3 is 2.56 bits per heavy atom. The molecule has 0 spiro atoms. The summed E-state index contributed by atoms with van der Waals surface area (Å²) in [6, 6.07) is 10.7. The van der Waals surface area contributed by atoms with Crippen molar-refractivity contribution in [2.24, 2.45) is 0 Å². The standard InChI is InChI=1S/C25H28N4O3/c1-16-8-7-9-17(2)23(16)28-22(30)15-26-24(31)18-11-12-19-20(14-18)27-21-10-5-3-4-6-13-29(21)25(19)32/h7-9,11-12,14H,3-6,10,13,15H2,1-2H3,(H,26,31)(H,28,30). The lowest BCUT2D eigenvalue weighted by atomic mass is 10.1. The van der Waals surface area contributed by atoms with Gasteiger partial charge in [-0.2, -0.15) is 0 Å². The van der Waals surface area contributed by atoms with Crippen LogP contribution in [-0.4, -0.2) is 27.9 Å². The van der Waals surface area contributed by atoms with E-state index in [1.807, 2.05) is 32.0 Å². The second kappa shape index (κ2) is 9.34. The zero-order valence-electron chi connectivity index (χ0n) is 18.5. The summed E-state index contributed by atoms with van der Waals surface area (Å²) in [7, 11) is 0. The maximum atomic E-state index is 12.9. The van der Waals surface area contributed by atoms with Crippen LogP contribution in [0.4, 0.5) is 5.69 Å². The monoisotopic (exact) mass is 432 g/mol. The van der Waals surface area contributed by atoms with E-state index in [9.17, 15) is 14.4 Å². The molecule has 1 aromatic heterocycles. The number of fused-ring (bicyclic) bond motifs is 2. The molecule has 7 nitrogen and oxygen atoms in total. The zero-order valence-corrected chi connectivity index (χ0v) is 18.5. The van der Waals surface area contributed by atoms with Crippen molar-refractivity contribution in [2.45, 2.75) is 52.5 Å². The number of nitrogens with one attached hydrogen (secondary N) is 2.